The van der Waals surface area contributed by atoms with Crippen LogP contribution in [0.4, 0.5) is 5.82 Å². The predicted octanol–water partition coefficient (Wildman–Crippen LogP) is 2.18. The van der Waals surface area contributed by atoms with Gasteiger partial charge in [0.05, 0.1) is 11.3 Å². The average Bonchev–Trinajstić information content (AvgIpc) is 2.93. The van der Waals surface area contributed by atoms with Crippen LogP contribution in [0.15, 0.2) is 30.9 Å². The molecule has 0 saturated heterocycles. The minimum Gasteiger partial charge on any atom is -0.370 e. The van der Waals surface area contributed by atoms with E-state index in [0.29, 0.717) is 17.4 Å². The molecule has 1 unspecified atom stereocenters. The van der Waals surface area contributed by atoms with Crippen molar-refractivity contribution in [3.05, 3.63) is 41.6 Å². The second kappa shape index (κ2) is 7.08. The van der Waals surface area contributed by atoms with E-state index in [1.54, 1.807) is 24.7 Å². The Labute approximate surface area is 128 Å². The quantitative estimate of drug-likeness (QED) is 0.858. The van der Waals surface area contributed by atoms with E-state index >= 15 is 0 Å². The lowest BCUT2D eigenvalue weighted by Crippen LogP contribution is -2.36. The van der Waals surface area contributed by atoms with Gasteiger partial charge in [-0.05, 0) is 26.0 Å². The summed E-state index contributed by atoms with van der Waals surface area (Å²) in [6.45, 7) is 5.24. The van der Waals surface area contributed by atoms with Crippen molar-refractivity contribution in [2.24, 2.45) is 0 Å². The number of hydrogen-bond acceptors (Lipinski definition) is 4. The molecule has 1 amide bonds. The van der Waals surface area contributed by atoms with Crippen LogP contribution >= 0.6 is 11.6 Å². The number of halogens is 1. The Morgan fingerprint density at radius 1 is 1.48 bits per heavy atom. The van der Waals surface area contributed by atoms with Gasteiger partial charge in [0.1, 0.15) is 11.5 Å². The van der Waals surface area contributed by atoms with Crippen molar-refractivity contribution in [3.63, 3.8) is 0 Å². The van der Waals surface area contributed by atoms with Crippen molar-refractivity contribution < 1.29 is 4.79 Å². The number of carbonyl (C=O) groups excluding carboxylic acids is 1. The van der Waals surface area contributed by atoms with Crippen LogP contribution in [0.25, 0.3) is 0 Å². The third-order valence-electron chi connectivity index (χ3n) is 2.84. The van der Waals surface area contributed by atoms with Crippen molar-refractivity contribution >= 4 is 23.3 Å². The number of aromatic nitrogens is 3. The zero-order valence-corrected chi connectivity index (χ0v) is 12.8. The number of hydrogen-bond donors (Lipinski definition) is 2. The van der Waals surface area contributed by atoms with Gasteiger partial charge in [0, 0.05) is 31.5 Å². The van der Waals surface area contributed by atoms with Crippen molar-refractivity contribution in [1.82, 2.24) is 19.9 Å². The highest BCUT2D eigenvalue weighted by Crippen LogP contribution is 2.16. The van der Waals surface area contributed by atoms with Crippen LogP contribution in [0.1, 0.15) is 24.3 Å². The molecule has 0 radical (unpaired) electrons. The SMILES string of the molecule is CCNc1ccc(Cl)c(C(=O)NC(C)Cn2ccnc2)n1. The first-order valence-corrected chi connectivity index (χ1v) is 7.15. The van der Waals surface area contributed by atoms with Crippen LogP contribution in [0.2, 0.25) is 5.02 Å². The second-order valence-electron chi connectivity index (χ2n) is 4.69. The lowest BCUT2D eigenvalue weighted by Gasteiger charge is -2.15. The number of nitrogens with one attached hydrogen (secondary N) is 2. The van der Waals surface area contributed by atoms with Gasteiger partial charge in [0.25, 0.3) is 5.91 Å². The standard InChI is InChI=1S/C14H18ClN5O/c1-3-17-12-5-4-11(15)13(19-12)14(21)18-10(2)8-20-7-6-16-9-20/h4-7,9-10H,3,8H2,1-2H3,(H,17,19)(H,18,21). The van der Waals surface area contributed by atoms with Gasteiger partial charge in [-0.15, -0.1) is 0 Å². The first-order valence-electron chi connectivity index (χ1n) is 6.77. The van der Waals surface area contributed by atoms with Crippen LogP contribution in [-0.4, -0.2) is 33.0 Å². The summed E-state index contributed by atoms with van der Waals surface area (Å²) < 4.78 is 1.90. The molecule has 21 heavy (non-hydrogen) atoms. The molecule has 2 rings (SSSR count). The Kier molecular flexibility index (Phi) is 5.16. The molecule has 0 saturated carbocycles. The Hall–Kier alpha value is -2.08. The van der Waals surface area contributed by atoms with Crippen molar-refractivity contribution in [3.8, 4) is 0 Å². The van der Waals surface area contributed by atoms with Gasteiger partial charge < -0.3 is 15.2 Å². The molecule has 112 valence electrons. The summed E-state index contributed by atoms with van der Waals surface area (Å²) >= 11 is 6.05. The highest BCUT2D eigenvalue weighted by molar-refractivity contribution is 6.33. The van der Waals surface area contributed by atoms with Crippen LogP contribution < -0.4 is 10.6 Å². The highest BCUT2D eigenvalue weighted by atomic mass is 35.5. The molecule has 7 heteroatoms. The smallest absolute Gasteiger partial charge is 0.271 e. The van der Waals surface area contributed by atoms with Crippen molar-refractivity contribution in [2.45, 2.75) is 26.4 Å². The third-order valence-corrected chi connectivity index (χ3v) is 3.15. The Morgan fingerprint density at radius 2 is 2.29 bits per heavy atom. The maximum atomic E-state index is 12.3. The van der Waals surface area contributed by atoms with Crippen molar-refractivity contribution in [1.29, 1.82) is 0 Å². The maximum Gasteiger partial charge on any atom is 0.271 e. The minimum atomic E-state index is -0.285. The zero-order chi connectivity index (χ0) is 15.2. The normalized spacial score (nSPS) is 12.0. The molecular formula is C14H18ClN5O. The lowest BCUT2D eigenvalue weighted by molar-refractivity contribution is 0.0932. The summed E-state index contributed by atoms with van der Waals surface area (Å²) in [4.78, 5) is 20.5. The average molecular weight is 308 g/mol. The van der Waals surface area contributed by atoms with Gasteiger partial charge in [-0.3, -0.25) is 4.79 Å². The fraction of sp³-hybridized carbons (Fsp3) is 0.357. The summed E-state index contributed by atoms with van der Waals surface area (Å²) in [5, 5.41) is 6.28. The van der Waals surface area contributed by atoms with Gasteiger partial charge in [-0.25, -0.2) is 9.97 Å². The largest absolute Gasteiger partial charge is 0.370 e. The molecule has 0 aliphatic rings. The topological polar surface area (TPSA) is 71.8 Å². The number of nitrogens with zero attached hydrogens (tertiary/aromatic N) is 3. The zero-order valence-electron chi connectivity index (χ0n) is 12.0. The number of carbonyl (C=O) groups is 1. The van der Waals surface area contributed by atoms with Gasteiger partial charge >= 0.3 is 0 Å². The Balaban J connectivity index is 2.03. The second-order valence-corrected chi connectivity index (χ2v) is 5.10. The summed E-state index contributed by atoms with van der Waals surface area (Å²) in [6.07, 6.45) is 5.26. The monoisotopic (exact) mass is 307 g/mol. The number of pyridine rings is 1. The molecule has 6 nitrogen and oxygen atoms in total. The van der Waals surface area contributed by atoms with Gasteiger partial charge in [-0.2, -0.15) is 0 Å². The minimum absolute atomic E-state index is 0.0626. The van der Waals surface area contributed by atoms with Gasteiger partial charge in [0.15, 0.2) is 0 Å². The van der Waals surface area contributed by atoms with E-state index in [2.05, 4.69) is 20.6 Å². The molecular weight excluding hydrogens is 290 g/mol. The predicted molar refractivity (Wildman–Crippen MR) is 82.6 cm³/mol. The number of amides is 1. The summed E-state index contributed by atoms with van der Waals surface area (Å²) in [5.41, 5.74) is 0.229. The third kappa shape index (κ3) is 4.19. The molecule has 2 heterocycles. The van der Waals surface area contributed by atoms with E-state index in [4.69, 9.17) is 11.6 Å². The summed E-state index contributed by atoms with van der Waals surface area (Å²) in [7, 11) is 0. The van der Waals surface area contributed by atoms with E-state index in [1.165, 1.54) is 0 Å². The van der Waals surface area contributed by atoms with E-state index in [-0.39, 0.29) is 17.6 Å². The van der Waals surface area contributed by atoms with Crippen molar-refractivity contribution in [2.75, 3.05) is 11.9 Å². The first kappa shape index (κ1) is 15.3. The molecule has 0 aliphatic carbocycles. The first-order chi connectivity index (χ1) is 10.1. The maximum absolute atomic E-state index is 12.3. The Morgan fingerprint density at radius 3 is 2.95 bits per heavy atom. The number of imidazole rings is 1. The van der Waals surface area contributed by atoms with Crippen LogP contribution in [-0.2, 0) is 6.54 Å². The fourth-order valence-corrected chi connectivity index (χ4v) is 2.12. The van der Waals surface area contributed by atoms with E-state index < -0.39 is 0 Å². The Bertz CT molecular complexity index is 599. The lowest BCUT2D eigenvalue weighted by atomic mass is 10.2. The van der Waals surface area contributed by atoms with E-state index in [9.17, 15) is 4.79 Å². The molecule has 0 aromatic carbocycles. The fourth-order valence-electron chi connectivity index (χ4n) is 1.93. The molecule has 1 atom stereocenters. The molecule has 2 aromatic heterocycles. The molecule has 2 N–H and O–H groups in total. The van der Waals surface area contributed by atoms with Crippen LogP contribution in [0, 0.1) is 0 Å². The van der Waals surface area contributed by atoms with Gasteiger partial charge in [-0.1, -0.05) is 11.6 Å². The van der Waals surface area contributed by atoms with Crippen LogP contribution in [0.5, 0.6) is 0 Å². The van der Waals surface area contributed by atoms with Crippen LogP contribution in [0.3, 0.4) is 0 Å². The molecule has 0 bridgehead atoms. The molecule has 0 aliphatic heterocycles. The van der Waals surface area contributed by atoms with E-state index in [1.807, 2.05) is 24.6 Å². The molecule has 0 fully saturated rings. The van der Waals surface area contributed by atoms with E-state index in [0.717, 1.165) is 6.54 Å². The number of anilines is 1. The number of rotatable bonds is 6. The summed E-state index contributed by atoms with van der Waals surface area (Å²) in [6, 6.07) is 3.35. The highest BCUT2D eigenvalue weighted by Gasteiger charge is 2.15. The van der Waals surface area contributed by atoms with Gasteiger partial charge in [0.2, 0.25) is 0 Å². The molecule has 0 spiro atoms. The summed E-state index contributed by atoms with van der Waals surface area (Å²) in [5.74, 6) is 0.349. The molecule has 2 aromatic rings.